The average Bonchev–Trinajstić information content (AvgIpc) is 2.81. The highest BCUT2D eigenvalue weighted by Gasteiger charge is 2.21. The van der Waals surface area contributed by atoms with E-state index in [9.17, 15) is 9.59 Å². The Morgan fingerprint density at radius 3 is 2.68 bits per heavy atom. The molecule has 0 amide bonds. The molecule has 0 saturated carbocycles. The number of benzene rings is 1. The molecular weight excluding hydrogens is 288 g/mol. The number of furan rings is 1. The largest absolute Gasteiger partial charge is 0.479 e. The van der Waals surface area contributed by atoms with Crippen LogP contribution in [0.1, 0.15) is 30.0 Å². The van der Waals surface area contributed by atoms with Crippen LogP contribution in [0.2, 0.25) is 0 Å². The molecule has 118 valence electrons. The van der Waals surface area contributed by atoms with Crippen molar-refractivity contribution in [3.63, 3.8) is 0 Å². The van der Waals surface area contributed by atoms with Crippen molar-refractivity contribution in [1.29, 1.82) is 0 Å². The first-order valence-corrected chi connectivity index (χ1v) is 6.92. The molecule has 0 aliphatic rings. The maximum atomic E-state index is 12.0. The van der Waals surface area contributed by atoms with Crippen molar-refractivity contribution in [3.8, 4) is 5.75 Å². The van der Waals surface area contributed by atoms with Gasteiger partial charge in [-0.3, -0.25) is 0 Å². The van der Waals surface area contributed by atoms with Crippen molar-refractivity contribution < 1.29 is 28.2 Å². The van der Waals surface area contributed by atoms with Crippen LogP contribution >= 0.6 is 0 Å². The lowest BCUT2D eigenvalue weighted by Gasteiger charge is -2.12. The van der Waals surface area contributed by atoms with Gasteiger partial charge in [0.25, 0.3) is 0 Å². The lowest BCUT2D eigenvalue weighted by Crippen LogP contribution is -2.24. The van der Waals surface area contributed by atoms with Crippen LogP contribution in [0.25, 0.3) is 11.0 Å². The second kappa shape index (κ2) is 6.51. The molecule has 0 saturated heterocycles. The summed E-state index contributed by atoms with van der Waals surface area (Å²) in [5.74, 6) is -0.00521. The van der Waals surface area contributed by atoms with Crippen molar-refractivity contribution in [2.24, 2.45) is 0 Å². The molecule has 0 fully saturated rings. The molecule has 0 bridgehead atoms. The minimum Gasteiger partial charge on any atom is -0.479 e. The van der Waals surface area contributed by atoms with Gasteiger partial charge >= 0.3 is 11.9 Å². The van der Waals surface area contributed by atoms with Crippen molar-refractivity contribution in [3.05, 3.63) is 29.5 Å². The Kier molecular flexibility index (Phi) is 4.70. The molecule has 1 heterocycles. The SMILES string of the molecule is CCOC(=O)c1c(C)oc2ccc(O[C@@H](C)C(=O)OC)cc12. The topological polar surface area (TPSA) is 75.0 Å². The number of ether oxygens (including phenoxy) is 3. The number of esters is 2. The third-order valence-corrected chi connectivity index (χ3v) is 3.16. The van der Waals surface area contributed by atoms with E-state index in [1.54, 1.807) is 39.0 Å². The van der Waals surface area contributed by atoms with E-state index in [1.165, 1.54) is 7.11 Å². The zero-order valence-corrected chi connectivity index (χ0v) is 13.0. The van der Waals surface area contributed by atoms with Gasteiger partial charge in [0.05, 0.1) is 13.7 Å². The molecule has 6 heteroatoms. The van der Waals surface area contributed by atoms with Crippen LogP contribution in [0.15, 0.2) is 22.6 Å². The smallest absolute Gasteiger partial charge is 0.346 e. The molecule has 1 aromatic carbocycles. The van der Waals surface area contributed by atoms with E-state index in [2.05, 4.69) is 4.74 Å². The van der Waals surface area contributed by atoms with E-state index >= 15 is 0 Å². The average molecular weight is 306 g/mol. The number of hydrogen-bond acceptors (Lipinski definition) is 6. The summed E-state index contributed by atoms with van der Waals surface area (Å²) in [5.41, 5.74) is 0.923. The van der Waals surface area contributed by atoms with Crippen LogP contribution in [0.5, 0.6) is 5.75 Å². The number of carbonyl (C=O) groups is 2. The van der Waals surface area contributed by atoms with Gasteiger partial charge in [0.15, 0.2) is 6.10 Å². The fourth-order valence-electron chi connectivity index (χ4n) is 2.15. The molecule has 2 aromatic rings. The van der Waals surface area contributed by atoms with Gasteiger partial charge in [0, 0.05) is 5.39 Å². The minimum absolute atomic E-state index is 0.278. The molecule has 0 radical (unpaired) electrons. The zero-order valence-electron chi connectivity index (χ0n) is 13.0. The number of carbonyl (C=O) groups excluding carboxylic acids is 2. The molecule has 1 atom stereocenters. The van der Waals surface area contributed by atoms with Crippen LogP contribution < -0.4 is 4.74 Å². The Morgan fingerprint density at radius 2 is 2.05 bits per heavy atom. The number of fused-ring (bicyclic) bond motifs is 1. The number of hydrogen-bond donors (Lipinski definition) is 0. The van der Waals surface area contributed by atoms with Gasteiger partial charge in [-0.25, -0.2) is 9.59 Å². The van der Waals surface area contributed by atoms with E-state index < -0.39 is 18.0 Å². The molecule has 0 aliphatic carbocycles. The number of aryl methyl sites for hydroxylation is 1. The van der Waals surface area contributed by atoms with E-state index in [-0.39, 0.29) is 6.61 Å². The first-order chi connectivity index (χ1) is 10.5. The highest BCUT2D eigenvalue weighted by atomic mass is 16.6. The minimum atomic E-state index is -0.749. The molecule has 2 rings (SSSR count). The van der Waals surface area contributed by atoms with Gasteiger partial charge in [0.2, 0.25) is 0 Å². The fourth-order valence-corrected chi connectivity index (χ4v) is 2.15. The third kappa shape index (κ3) is 3.05. The Bertz CT molecular complexity index is 700. The predicted octanol–water partition coefficient (Wildman–Crippen LogP) is 2.86. The second-order valence-corrected chi connectivity index (χ2v) is 4.69. The van der Waals surface area contributed by atoms with E-state index in [0.29, 0.717) is 28.0 Å². The highest BCUT2D eigenvalue weighted by Crippen LogP contribution is 2.30. The van der Waals surface area contributed by atoms with Crippen LogP contribution in [0.4, 0.5) is 0 Å². The summed E-state index contributed by atoms with van der Waals surface area (Å²) < 4.78 is 20.7. The quantitative estimate of drug-likeness (QED) is 0.791. The fraction of sp³-hybridized carbons (Fsp3) is 0.375. The Balaban J connectivity index is 2.38. The highest BCUT2D eigenvalue weighted by molar-refractivity contribution is 6.04. The summed E-state index contributed by atoms with van der Waals surface area (Å²) >= 11 is 0. The van der Waals surface area contributed by atoms with Crippen LogP contribution in [-0.4, -0.2) is 31.8 Å². The van der Waals surface area contributed by atoms with Gasteiger partial charge in [0.1, 0.15) is 22.7 Å². The summed E-state index contributed by atoms with van der Waals surface area (Å²) in [7, 11) is 1.30. The summed E-state index contributed by atoms with van der Waals surface area (Å²) in [6.07, 6.45) is -0.749. The summed E-state index contributed by atoms with van der Waals surface area (Å²) in [5, 5.41) is 0.588. The van der Waals surface area contributed by atoms with Crippen molar-refractivity contribution >= 4 is 22.9 Å². The first kappa shape index (κ1) is 15.9. The van der Waals surface area contributed by atoms with E-state index in [0.717, 1.165) is 0 Å². The number of methoxy groups -OCH3 is 1. The molecule has 0 unspecified atom stereocenters. The normalized spacial score (nSPS) is 12.0. The van der Waals surface area contributed by atoms with Crippen molar-refractivity contribution in [1.82, 2.24) is 0 Å². The first-order valence-electron chi connectivity index (χ1n) is 6.92. The lowest BCUT2D eigenvalue weighted by molar-refractivity contribution is -0.147. The van der Waals surface area contributed by atoms with Crippen LogP contribution in [0.3, 0.4) is 0 Å². The monoisotopic (exact) mass is 306 g/mol. The van der Waals surface area contributed by atoms with Gasteiger partial charge < -0.3 is 18.6 Å². The molecule has 0 aliphatic heterocycles. The van der Waals surface area contributed by atoms with E-state index in [1.807, 2.05) is 0 Å². The Hall–Kier alpha value is -2.50. The zero-order chi connectivity index (χ0) is 16.3. The Morgan fingerprint density at radius 1 is 1.32 bits per heavy atom. The third-order valence-electron chi connectivity index (χ3n) is 3.16. The molecule has 22 heavy (non-hydrogen) atoms. The summed E-state index contributed by atoms with van der Waals surface area (Å²) in [4.78, 5) is 23.4. The molecule has 0 spiro atoms. The van der Waals surface area contributed by atoms with Crippen LogP contribution in [0, 0.1) is 6.92 Å². The lowest BCUT2D eigenvalue weighted by atomic mass is 10.1. The maximum Gasteiger partial charge on any atom is 0.346 e. The maximum absolute atomic E-state index is 12.0. The van der Waals surface area contributed by atoms with Crippen molar-refractivity contribution in [2.45, 2.75) is 26.9 Å². The van der Waals surface area contributed by atoms with E-state index in [4.69, 9.17) is 13.9 Å². The van der Waals surface area contributed by atoms with Gasteiger partial charge in [-0.1, -0.05) is 0 Å². The van der Waals surface area contributed by atoms with Crippen LogP contribution in [-0.2, 0) is 14.3 Å². The molecule has 6 nitrogen and oxygen atoms in total. The van der Waals surface area contributed by atoms with Gasteiger partial charge in [-0.05, 0) is 39.0 Å². The summed E-state index contributed by atoms with van der Waals surface area (Å²) in [6, 6.07) is 5.00. The Labute approximate surface area is 127 Å². The molecule has 0 N–H and O–H groups in total. The molecule has 1 aromatic heterocycles. The standard InChI is InChI=1S/C16H18O6/c1-5-20-16(18)14-9(2)22-13-7-6-11(8-12(13)14)21-10(3)15(17)19-4/h6-8,10H,5H2,1-4H3/t10-/m0/s1. The molecular formula is C16H18O6. The second-order valence-electron chi connectivity index (χ2n) is 4.69. The predicted molar refractivity (Wildman–Crippen MR) is 79.0 cm³/mol. The van der Waals surface area contributed by atoms with Gasteiger partial charge in [-0.15, -0.1) is 0 Å². The van der Waals surface area contributed by atoms with Gasteiger partial charge in [-0.2, -0.15) is 0 Å². The summed E-state index contributed by atoms with van der Waals surface area (Å²) in [6.45, 7) is 5.30. The van der Waals surface area contributed by atoms with Crippen molar-refractivity contribution in [2.75, 3.05) is 13.7 Å². The number of rotatable bonds is 5.